The zero-order valence-corrected chi connectivity index (χ0v) is 10.5. The Morgan fingerprint density at radius 3 is 2.76 bits per heavy atom. The first kappa shape index (κ1) is 13.6. The Bertz CT molecular complexity index is 374. The van der Waals surface area contributed by atoms with Crippen LogP contribution in [0.15, 0.2) is 0 Å². The average Bonchev–Trinajstić information content (AvgIpc) is 2.62. The van der Waals surface area contributed by atoms with E-state index >= 15 is 0 Å². The highest BCUT2D eigenvalue weighted by atomic mass is 16.5. The summed E-state index contributed by atoms with van der Waals surface area (Å²) in [6, 6.07) is 0. The molecule has 0 saturated carbocycles. The number of aromatic carboxylic acids is 1. The summed E-state index contributed by atoms with van der Waals surface area (Å²) in [5.41, 5.74) is 0.726. The third-order valence-corrected chi connectivity index (χ3v) is 2.28. The Morgan fingerprint density at radius 2 is 2.24 bits per heavy atom. The van der Waals surface area contributed by atoms with E-state index in [0.717, 1.165) is 6.42 Å². The lowest BCUT2D eigenvalue weighted by Crippen LogP contribution is -2.14. The SMILES string of the molecule is CCCc1c(C(=O)O)nnn1CCOC(C)C. The molecule has 0 atom stereocenters. The van der Waals surface area contributed by atoms with Gasteiger partial charge in [-0.05, 0) is 20.3 Å². The maximum absolute atomic E-state index is 10.9. The molecule has 0 aliphatic carbocycles. The van der Waals surface area contributed by atoms with Crippen LogP contribution in [0.25, 0.3) is 0 Å². The van der Waals surface area contributed by atoms with Crippen molar-refractivity contribution in [1.82, 2.24) is 15.0 Å². The molecule has 0 saturated heterocycles. The number of rotatable bonds is 7. The van der Waals surface area contributed by atoms with E-state index in [1.807, 2.05) is 20.8 Å². The predicted octanol–water partition coefficient (Wildman–Crippen LogP) is 1.35. The van der Waals surface area contributed by atoms with Crippen molar-refractivity contribution in [2.45, 2.75) is 46.3 Å². The number of carbonyl (C=O) groups is 1. The Kier molecular flexibility index (Phi) is 5.09. The second-order valence-electron chi connectivity index (χ2n) is 4.08. The molecule has 17 heavy (non-hydrogen) atoms. The molecule has 0 amide bonds. The first-order chi connectivity index (χ1) is 8.06. The Morgan fingerprint density at radius 1 is 1.53 bits per heavy atom. The van der Waals surface area contributed by atoms with Crippen molar-refractivity contribution in [3.05, 3.63) is 11.4 Å². The molecule has 0 aliphatic heterocycles. The Hall–Kier alpha value is -1.43. The zero-order valence-electron chi connectivity index (χ0n) is 10.5. The first-order valence-corrected chi connectivity index (χ1v) is 5.83. The van der Waals surface area contributed by atoms with Gasteiger partial charge in [0.15, 0.2) is 5.69 Å². The summed E-state index contributed by atoms with van der Waals surface area (Å²) in [5, 5.41) is 16.5. The second kappa shape index (κ2) is 6.34. The number of hydrogen-bond donors (Lipinski definition) is 1. The normalized spacial score (nSPS) is 11.1. The molecule has 0 fully saturated rings. The highest BCUT2D eigenvalue weighted by Gasteiger charge is 2.17. The number of ether oxygens (including phenoxy) is 1. The second-order valence-corrected chi connectivity index (χ2v) is 4.08. The van der Waals surface area contributed by atoms with Crippen LogP contribution in [-0.4, -0.2) is 38.8 Å². The van der Waals surface area contributed by atoms with E-state index in [2.05, 4.69) is 10.3 Å². The molecule has 0 radical (unpaired) electrons. The topological polar surface area (TPSA) is 77.2 Å². The molecule has 1 heterocycles. The Balaban J connectivity index is 2.73. The number of carboxylic acids is 1. The lowest BCUT2D eigenvalue weighted by molar-refractivity contribution is 0.0681. The molecule has 0 aromatic carbocycles. The standard InChI is InChI=1S/C11H19N3O3/c1-4-5-9-10(11(15)16)12-13-14(9)6-7-17-8(2)3/h8H,4-7H2,1-3H3,(H,15,16). The maximum atomic E-state index is 10.9. The molecule has 1 rings (SSSR count). The zero-order chi connectivity index (χ0) is 12.8. The molecule has 6 nitrogen and oxygen atoms in total. The molecular formula is C11H19N3O3. The molecule has 0 unspecified atom stereocenters. The number of aromatic nitrogens is 3. The highest BCUT2D eigenvalue weighted by Crippen LogP contribution is 2.08. The number of hydrogen-bond acceptors (Lipinski definition) is 4. The van der Waals surface area contributed by atoms with Gasteiger partial charge in [-0.2, -0.15) is 0 Å². The van der Waals surface area contributed by atoms with Gasteiger partial charge in [0.1, 0.15) is 0 Å². The van der Waals surface area contributed by atoms with Gasteiger partial charge in [0, 0.05) is 0 Å². The fourth-order valence-corrected chi connectivity index (χ4v) is 1.54. The maximum Gasteiger partial charge on any atom is 0.358 e. The van der Waals surface area contributed by atoms with Crippen LogP contribution in [-0.2, 0) is 17.7 Å². The van der Waals surface area contributed by atoms with Crippen molar-refractivity contribution in [1.29, 1.82) is 0 Å². The summed E-state index contributed by atoms with van der Waals surface area (Å²) in [6.07, 6.45) is 1.68. The third kappa shape index (κ3) is 3.81. The summed E-state index contributed by atoms with van der Waals surface area (Å²) in [7, 11) is 0. The van der Waals surface area contributed by atoms with Crippen molar-refractivity contribution < 1.29 is 14.6 Å². The van der Waals surface area contributed by atoms with Crippen LogP contribution in [0.2, 0.25) is 0 Å². The molecule has 1 N–H and O–H groups in total. The van der Waals surface area contributed by atoms with Gasteiger partial charge >= 0.3 is 5.97 Å². The summed E-state index contributed by atoms with van der Waals surface area (Å²) < 4.78 is 7.03. The molecule has 0 aliphatic rings. The van der Waals surface area contributed by atoms with Gasteiger partial charge in [-0.25, -0.2) is 9.48 Å². The van der Waals surface area contributed by atoms with Crippen molar-refractivity contribution >= 4 is 5.97 Å². The van der Waals surface area contributed by atoms with Crippen LogP contribution in [0, 0.1) is 0 Å². The lowest BCUT2D eigenvalue weighted by atomic mass is 10.2. The van der Waals surface area contributed by atoms with Crippen molar-refractivity contribution in [2.24, 2.45) is 0 Å². The monoisotopic (exact) mass is 241 g/mol. The average molecular weight is 241 g/mol. The molecule has 6 heteroatoms. The third-order valence-electron chi connectivity index (χ3n) is 2.28. The van der Waals surface area contributed by atoms with Gasteiger partial charge in [0.25, 0.3) is 0 Å². The number of carboxylic acid groups (broad SMARTS) is 1. The summed E-state index contributed by atoms with van der Waals surface area (Å²) in [6.45, 7) is 6.95. The summed E-state index contributed by atoms with van der Waals surface area (Å²) in [4.78, 5) is 10.9. The minimum Gasteiger partial charge on any atom is -0.476 e. The smallest absolute Gasteiger partial charge is 0.358 e. The number of nitrogens with zero attached hydrogens (tertiary/aromatic N) is 3. The van der Waals surface area contributed by atoms with Crippen molar-refractivity contribution in [2.75, 3.05) is 6.61 Å². The molecule has 1 aromatic heterocycles. The largest absolute Gasteiger partial charge is 0.476 e. The Labute approximate surface area is 101 Å². The van der Waals surface area contributed by atoms with E-state index in [0.29, 0.717) is 25.3 Å². The minimum atomic E-state index is -1.02. The van der Waals surface area contributed by atoms with E-state index in [-0.39, 0.29) is 11.8 Å². The molecular weight excluding hydrogens is 222 g/mol. The van der Waals surface area contributed by atoms with Gasteiger partial charge in [-0.1, -0.05) is 18.6 Å². The van der Waals surface area contributed by atoms with Crippen molar-refractivity contribution in [3.63, 3.8) is 0 Å². The predicted molar refractivity (Wildman–Crippen MR) is 62.1 cm³/mol. The van der Waals surface area contributed by atoms with Crippen LogP contribution in [0.3, 0.4) is 0 Å². The lowest BCUT2D eigenvalue weighted by Gasteiger charge is -2.09. The molecule has 1 aromatic rings. The van der Waals surface area contributed by atoms with Gasteiger partial charge in [0.2, 0.25) is 0 Å². The fourth-order valence-electron chi connectivity index (χ4n) is 1.54. The van der Waals surface area contributed by atoms with E-state index in [9.17, 15) is 4.79 Å². The van der Waals surface area contributed by atoms with E-state index in [1.54, 1.807) is 4.68 Å². The van der Waals surface area contributed by atoms with Crippen LogP contribution in [0.4, 0.5) is 0 Å². The van der Waals surface area contributed by atoms with E-state index < -0.39 is 5.97 Å². The van der Waals surface area contributed by atoms with Crippen LogP contribution in [0.5, 0.6) is 0 Å². The van der Waals surface area contributed by atoms with Gasteiger partial charge in [-0.15, -0.1) is 5.10 Å². The minimum absolute atomic E-state index is 0.0522. The van der Waals surface area contributed by atoms with Gasteiger partial charge in [-0.3, -0.25) is 0 Å². The molecule has 0 bridgehead atoms. The van der Waals surface area contributed by atoms with Crippen LogP contribution >= 0.6 is 0 Å². The first-order valence-electron chi connectivity index (χ1n) is 5.83. The van der Waals surface area contributed by atoms with Crippen LogP contribution < -0.4 is 0 Å². The fraction of sp³-hybridized carbons (Fsp3) is 0.727. The summed E-state index contributed by atoms with van der Waals surface area (Å²) >= 11 is 0. The quantitative estimate of drug-likeness (QED) is 0.779. The van der Waals surface area contributed by atoms with Crippen LogP contribution in [0.1, 0.15) is 43.4 Å². The van der Waals surface area contributed by atoms with Gasteiger partial charge < -0.3 is 9.84 Å². The highest BCUT2D eigenvalue weighted by molar-refractivity contribution is 5.86. The molecule has 96 valence electrons. The molecule has 0 spiro atoms. The van der Waals surface area contributed by atoms with E-state index in [4.69, 9.17) is 9.84 Å². The van der Waals surface area contributed by atoms with Gasteiger partial charge in [0.05, 0.1) is 24.9 Å². The summed E-state index contributed by atoms with van der Waals surface area (Å²) in [5.74, 6) is -1.02. The van der Waals surface area contributed by atoms with Crippen molar-refractivity contribution in [3.8, 4) is 0 Å². The van der Waals surface area contributed by atoms with E-state index in [1.165, 1.54) is 0 Å².